The van der Waals surface area contributed by atoms with E-state index in [9.17, 15) is 4.79 Å². The second kappa shape index (κ2) is 7.84. The monoisotopic (exact) mass is 347 g/mol. The third-order valence-electron chi connectivity index (χ3n) is 3.10. The molecule has 0 bridgehead atoms. The van der Waals surface area contributed by atoms with E-state index < -0.39 is 0 Å². The number of nitrogens with one attached hydrogen (secondary N) is 1. The predicted molar refractivity (Wildman–Crippen MR) is 89.6 cm³/mol. The van der Waals surface area contributed by atoms with Gasteiger partial charge in [-0.15, -0.1) is 0 Å². The fourth-order valence-corrected chi connectivity index (χ4v) is 2.36. The minimum Gasteiger partial charge on any atom is -0.494 e. The molecule has 1 amide bonds. The van der Waals surface area contributed by atoms with Crippen molar-refractivity contribution >= 4 is 32.6 Å². The maximum absolute atomic E-state index is 11.0. The van der Waals surface area contributed by atoms with Gasteiger partial charge < -0.3 is 10.1 Å². The molecule has 0 heterocycles. The SMILES string of the molecule is C=CC(=O)NCCCCOc1ccc2cc(Br)ccc2c1. The van der Waals surface area contributed by atoms with Crippen molar-refractivity contribution in [3.63, 3.8) is 0 Å². The molecule has 4 heteroatoms. The highest BCUT2D eigenvalue weighted by Gasteiger charge is 1.99. The van der Waals surface area contributed by atoms with Crippen LogP contribution < -0.4 is 10.1 Å². The minimum atomic E-state index is -0.128. The van der Waals surface area contributed by atoms with Crippen molar-refractivity contribution in [2.75, 3.05) is 13.2 Å². The van der Waals surface area contributed by atoms with Crippen molar-refractivity contribution in [1.82, 2.24) is 5.32 Å². The van der Waals surface area contributed by atoms with Gasteiger partial charge in [0.1, 0.15) is 5.75 Å². The van der Waals surface area contributed by atoms with Gasteiger partial charge >= 0.3 is 0 Å². The van der Waals surface area contributed by atoms with Gasteiger partial charge in [0.2, 0.25) is 5.91 Å². The topological polar surface area (TPSA) is 38.3 Å². The van der Waals surface area contributed by atoms with E-state index in [1.807, 2.05) is 18.2 Å². The van der Waals surface area contributed by atoms with E-state index in [1.54, 1.807) is 0 Å². The molecule has 0 radical (unpaired) electrons. The summed E-state index contributed by atoms with van der Waals surface area (Å²) in [6.45, 7) is 4.70. The van der Waals surface area contributed by atoms with Crippen LogP contribution in [0.3, 0.4) is 0 Å². The Morgan fingerprint density at radius 1 is 1.19 bits per heavy atom. The van der Waals surface area contributed by atoms with Crippen LogP contribution in [-0.4, -0.2) is 19.1 Å². The summed E-state index contributed by atoms with van der Waals surface area (Å²) < 4.78 is 6.81. The van der Waals surface area contributed by atoms with Crippen LogP contribution in [0.25, 0.3) is 10.8 Å². The maximum Gasteiger partial charge on any atom is 0.243 e. The van der Waals surface area contributed by atoms with Crippen LogP contribution in [0, 0.1) is 0 Å². The molecule has 1 N–H and O–H groups in total. The Morgan fingerprint density at radius 2 is 1.95 bits per heavy atom. The number of carbonyl (C=O) groups excluding carboxylic acids is 1. The van der Waals surface area contributed by atoms with Gasteiger partial charge in [-0.3, -0.25) is 4.79 Å². The van der Waals surface area contributed by atoms with E-state index in [0.717, 1.165) is 28.5 Å². The van der Waals surface area contributed by atoms with Crippen LogP contribution in [0.5, 0.6) is 5.75 Å². The number of halogens is 1. The Balaban J connectivity index is 1.77. The van der Waals surface area contributed by atoms with Gasteiger partial charge in [-0.1, -0.05) is 34.6 Å². The highest BCUT2D eigenvalue weighted by molar-refractivity contribution is 9.10. The number of hydrogen-bond donors (Lipinski definition) is 1. The maximum atomic E-state index is 11.0. The molecule has 0 saturated carbocycles. The average Bonchev–Trinajstić information content (AvgIpc) is 2.50. The lowest BCUT2D eigenvalue weighted by molar-refractivity contribution is -0.116. The molecule has 21 heavy (non-hydrogen) atoms. The smallest absolute Gasteiger partial charge is 0.243 e. The summed E-state index contributed by atoms with van der Waals surface area (Å²) in [6.07, 6.45) is 3.07. The van der Waals surface area contributed by atoms with E-state index in [1.165, 1.54) is 11.5 Å². The van der Waals surface area contributed by atoms with Crippen LogP contribution in [0.1, 0.15) is 12.8 Å². The van der Waals surface area contributed by atoms with Crippen LogP contribution in [0.15, 0.2) is 53.5 Å². The summed E-state index contributed by atoms with van der Waals surface area (Å²) in [4.78, 5) is 11.0. The summed E-state index contributed by atoms with van der Waals surface area (Å²) in [6, 6.07) is 12.3. The van der Waals surface area contributed by atoms with Crippen molar-refractivity contribution in [3.8, 4) is 5.75 Å². The van der Waals surface area contributed by atoms with Crippen LogP contribution in [-0.2, 0) is 4.79 Å². The van der Waals surface area contributed by atoms with E-state index >= 15 is 0 Å². The van der Waals surface area contributed by atoms with E-state index in [2.05, 4.69) is 46.0 Å². The number of ether oxygens (including phenoxy) is 1. The molecule has 110 valence electrons. The second-order valence-corrected chi connectivity index (χ2v) is 5.62. The number of hydrogen-bond acceptors (Lipinski definition) is 2. The lowest BCUT2D eigenvalue weighted by Crippen LogP contribution is -2.22. The first-order valence-corrected chi connectivity index (χ1v) is 7.71. The van der Waals surface area contributed by atoms with Gasteiger partial charge in [0.15, 0.2) is 0 Å². The number of fused-ring (bicyclic) bond motifs is 1. The van der Waals surface area contributed by atoms with E-state index in [0.29, 0.717) is 13.2 Å². The van der Waals surface area contributed by atoms with Crippen LogP contribution in [0.2, 0.25) is 0 Å². The standard InChI is InChI=1S/C17H18BrNO2/c1-2-17(20)19-9-3-4-10-21-16-8-6-13-11-15(18)7-5-14(13)12-16/h2,5-8,11-12H,1,3-4,9-10H2,(H,19,20). The van der Waals surface area contributed by atoms with Crippen molar-refractivity contribution < 1.29 is 9.53 Å². The number of benzene rings is 2. The fraction of sp³-hybridized carbons (Fsp3) is 0.235. The Labute approximate surface area is 133 Å². The molecule has 2 aromatic carbocycles. The Kier molecular flexibility index (Phi) is 5.81. The molecular formula is C17H18BrNO2. The average molecular weight is 348 g/mol. The highest BCUT2D eigenvalue weighted by Crippen LogP contribution is 2.24. The van der Waals surface area contributed by atoms with Gasteiger partial charge in [-0.25, -0.2) is 0 Å². The first kappa shape index (κ1) is 15.6. The van der Waals surface area contributed by atoms with E-state index in [-0.39, 0.29) is 5.91 Å². The molecule has 0 unspecified atom stereocenters. The van der Waals surface area contributed by atoms with E-state index in [4.69, 9.17) is 4.74 Å². The zero-order valence-corrected chi connectivity index (χ0v) is 13.4. The largest absolute Gasteiger partial charge is 0.494 e. The third kappa shape index (κ3) is 4.90. The third-order valence-corrected chi connectivity index (χ3v) is 3.59. The summed E-state index contributed by atoms with van der Waals surface area (Å²) in [5.74, 6) is 0.747. The van der Waals surface area contributed by atoms with Crippen molar-refractivity contribution in [1.29, 1.82) is 0 Å². The zero-order valence-electron chi connectivity index (χ0n) is 11.8. The fourth-order valence-electron chi connectivity index (χ4n) is 1.99. The normalized spacial score (nSPS) is 10.3. The summed E-state index contributed by atoms with van der Waals surface area (Å²) in [5, 5.41) is 5.09. The summed E-state index contributed by atoms with van der Waals surface area (Å²) in [5.41, 5.74) is 0. The summed E-state index contributed by atoms with van der Waals surface area (Å²) in [7, 11) is 0. The second-order valence-electron chi connectivity index (χ2n) is 4.70. The van der Waals surface area contributed by atoms with Crippen molar-refractivity contribution in [2.24, 2.45) is 0 Å². The Bertz CT molecular complexity index is 640. The molecule has 0 aliphatic carbocycles. The minimum absolute atomic E-state index is 0.128. The zero-order chi connectivity index (χ0) is 15.1. The molecule has 2 rings (SSSR count). The van der Waals surface area contributed by atoms with Crippen LogP contribution in [0.4, 0.5) is 0 Å². The predicted octanol–water partition coefficient (Wildman–Crippen LogP) is 4.06. The molecule has 0 atom stereocenters. The van der Waals surface area contributed by atoms with Gasteiger partial charge in [0, 0.05) is 11.0 Å². The highest BCUT2D eigenvalue weighted by atomic mass is 79.9. The number of rotatable bonds is 7. The van der Waals surface area contributed by atoms with Crippen molar-refractivity contribution in [3.05, 3.63) is 53.5 Å². The van der Waals surface area contributed by atoms with Gasteiger partial charge in [0.05, 0.1) is 6.61 Å². The molecule has 0 spiro atoms. The molecule has 2 aromatic rings. The number of carbonyl (C=O) groups is 1. The molecule has 0 saturated heterocycles. The number of unbranched alkanes of at least 4 members (excludes halogenated alkanes) is 1. The summed E-state index contributed by atoms with van der Waals surface area (Å²) >= 11 is 3.46. The lowest BCUT2D eigenvalue weighted by atomic mass is 10.1. The molecular weight excluding hydrogens is 330 g/mol. The molecule has 3 nitrogen and oxygen atoms in total. The Hall–Kier alpha value is -1.81. The van der Waals surface area contributed by atoms with Gasteiger partial charge in [0.25, 0.3) is 0 Å². The van der Waals surface area contributed by atoms with Crippen molar-refractivity contribution in [2.45, 2.75) is 12.8 Å². The molecule has 0 aliphatic heterocycles. The molecule has 0 aliphatic rings. The van der Waals surface area contributed by atoms with Gasteiger partial charge in [-0.2, -0.15) is 0 Å². The first-order chi connectivity index (χ1) is 10.2. The molecule has 0 fully saturated rings. The molecule has 0 aromatic heterocycles. The van der Waals surface area contributed by atoms with Gasteiger partial charge in [-0.05, 0) is 54.0 Å². The first-order valence-electron chi connectivity index (χ1n) is 6.91. The lowest BCUT2D eigenvalue weighted by Gasteiger charge is -2.08. The Morgan fingerprint density at radius 3 is 2.76 bits per heavy atom. The number of amides is 1. The quantitative estimate of drug-likeness (QED) is 0.605. The van der Waals surface area contributed by atoms with Crippen LogP contribution >= 0.6 is 15.9 Å².